The molecule has 1 saturated carbocycles. The third-order valence-electron chi connectivity index (χ3n) is 4.96. The van der Waals surface area contributed by atoms with Crippen LogP contribution >= 0.6 is 11.3 Å². The molecule has 156 valence electrons. The van der Waals surface area contributed by atoms with Crippen molar-refractivity contribution in [2.45, 2.75) is 25.7 Å². The molecule has 4 N–H and O–H groups in total. The molecule has 1 aliphatic rings. The van der Waals surface area contributed by atoms with Crippen LogP contribution in [0.5, 0.6) is 5.75 Å². The average molecular weight is 423 g/mol. The molecule has 0 atom stereocenters. The van der Waals surface area contributed by atoms with E-state index >= 15 is 0 Å². The van der Waals surface area contributed by atoms with Gasteiger partial charge in [0.15, 0.2) is 5.13 Å². The number of ketones is 1. The monoisotopic (exact) mass is 422 g/mol. The second-order valence-corrected chi connectivity index (χ2v) is 8.31. The Hall–Kier alpha value is -2.90. The van der Waals surface area contributed by atoms with Gasteiger partial charge in [-0.25, -0.2) is 4.98 Å². The number of aromatic nitrogens is 1. The SMILES string of the molecule is CCNCCOc1ccc(Nc2nc(N)c(C(=O)c3cccc(C4CC4)c3)s2)cc1. The number of carbonyl (C=O) groups is 1. The number of nitrogens with one attached hydrogen (secondary N) is 2. The lowest BCUT2D eigenvalue weighted by molar-refractivity contribution is 0.104. The summed E-state index contributed by atoms with van der Waals surface area (Å²) < 4.78 is 5.68. The molecule has 2 aromatic carbocycles. The van der Waals surface area contributed by atoms with Crippen LogP contribution in [-0.2, 0) is 0 Å². The van der Waals surface area contributed by atoms with Crippen molar-refractivity contribution in [3.05, 3.63) is 64.5 Å². The zero-order chi connectivity index (χ0) is 20.9. The van der Waals surface area contributed by atoms with Crippen molar-refractivity contribution >= 4 is 33.8 Å². The Labute approximate surface area is 180 Å². The zero-order valence-corrected chi connectivity index (χ0v) is 17.8. The first-order chi connectivity index (χ1) is 14.6. The Morgan fingerprint density at radius 3 is 2.77 bits per heavy atom. The van der Waals surface area contributed by atoms with Crippen molar-refractivity contribution in [2.24, 2.45) is 0 Å². The number of rotatable bonds is 10. The topological polar surface area (TPSA) is 89.3 Å². The number of nitrogens with zero attached hydrogens (tertiary/aromatic N) is 1. The Bertz CT molecular complexity index is 1010. The van der Waals surface area contributed by atoms with Crippen LogP contribution in [0.1, 0.15) is 46.5 Å². The molecule has 4 rings (SSSR count). The number of likely N-dealkylation sites (N-methyl/N-ethyl adjacent to an activating group) is 1. The van der Waals surface area contributed by atoms with Gasteiger partial charge in [0.05, 0.1) is 0 Å². The van der Waals surface area contributed by atoms with E-state index in [1.807, 2.05) is 42.5 Å². The molecule has 0 aliphatic heterocycles. The Morgan fingerprint density at radius 1 is 1.23 bits per heavy atom. The quantitative estimate of drug-likeness (QED) is 0.328. The summed E-state index contributed by atoms with van der Waals surface area (Å²) in [5.74, 6) is 1.59. The van der Waals surface area contributed by atoms with Gasteiger partial charge >= 0.3 is 0 Å². The van der Waals surface area contributed by atoms with Crippen molar-refractivity contribution in [1.29, 1.82) is 0 Å². The molecular weight excluding hydrogens is 396 g/mol. The van der Waals surface area contributed by atoms with Crippen molar-refractivity contribution < 1.29 is 9.53 Å². The van der Waals surface area contributed by atoms with Crippen LogP contribution in [0.25, 0.3) is 0 Å². The van der Waals surface area contributed by atoms with Crippen LogP contribution in [-0.4, -0.2) is 30.5 Å². The largest absolute Gasteiger partial charge is 0.492 e. The van der Waals surface area contributed by atoms with Gasteiger partial charge in [0.2, 0.25) is 5.78 Å². The molecule has 6 nitrogen and oxygen atoms in total. The fourth-order valence-electron chi connectivity index (χ4n) is 3.21. The molecule has 0 bridgehead atoms. The molecule has 7 heteroatoms. The van der Waals surface area contributed by atoms with Crippen LogP contribution in [0.4, 0.5) is 16.6 Å². The lowest BCUT2D eigenvalue weighted by Crippen LogP contribution is -2.20. The van der Waals surface area contributed by atoms with E-state index in [4.69, 9.17) is 10.5 Å². The van der Waals surface area contributed by atoms with Gasteiger partial charge in [0.1, 0.15) is 23.1 Å². The van der Waals surface area contributed by atoms with E-state index in [0.29, 0.717) is 28.1 Å². The smallest absolute Gasteiger partial charge is 0.206 e. The summed E-state index contributed by atoms with van der Waals surface area (Å²) in [6, 6.07) is 15.5. The number of carbonyl (C=O) groups excluding carboxylic acids is 1. The Kier molecular flexibility index (Phi) is 6.30. The molecule has 0 unspecified atom stereocenters. The highest BCUT2D eigenvalue weighted by Gasteiger charge is 2.25. The van der Waals surface area contributed by atoms with Gasteiger partial charge in [-0.2, -0.15) is 0 Å². The van der Waals surface area contributed by atoms with E-state index < -0.39 is 0 Å². The Balaban J connectivity index is 1.41. The highest BCUT2D eigenvalue weighted by atomic mass is 32.1. The first kappa shape index (κ1) is 20.4. The molecule has 1 aliphatic carbocycles. The summed E-state index contributed by atoms with van der Waals surface area (Å²) in [6.45, 7) is 4.43. The van der Waals surface area contributed by atoms with Crippen molar-refractivity contribution in [1.82, 2.24) is 10.3 Å². The highest BCUT2D eigenvalue weighted by molar-refractivity contribution is 7.18. The number of benzene rings is 2. The van der Waals surface area contributed by atoms with Crippen molar-refractivity contribution in [2.75, 3.05) is 30.7 Å². The minimum absolute atomic E-state index is 0.0787. The molecule has 1 heterocycles. The predicted molar refractivity (Wildman–Crippen MR) is 122 cm³/mol. The summed E-state index contributed by atoms with van der Waals surface area (Å²) in [7, 11) is 0. The summed E-state index contributed by atoms with van der Waals surface area (Å²) in [5, 5.41) is 7.03. The maximum Gasteiger partial charge on any atom is 0.206 e. The third-order valence-corrected chi connectivity index (χ3v) is 5.95. The number of nitrogen functional groups attached to an aromatic ring is 1. The summed E-state index contributed by atoms with van der Waals surface area (Å²) in [6.07, 6.45) is 2.40. The maximum atomic E-state index is 13.0. The third kappa shape index (κ3) is 4.98. The molecular formula is C23H26N4O2S. The lowest BCUT2D eigenvalue weighted by Gasteiger charge is -2.07. The molecule has 1 aromatic heterocycles. The number of hydrogen-bond acceptors (Lipinski definition) is 7. The van der Waals surface area contributed by atoms with E-state index in [2.05, 4.69) is 28.6 Å². The van der Waals surface area contributed by atoms with Gasteiger partial charge in [0, 0.05) is 17.8 Å². The molecule has 1 fully saturated rings. The maximum absolute atomic E-state index is 13.0. The van der Waals surface area contributed by atoms with Gasteiger partial charge in [0.25, 0.3) is 0 Å². The number of ether oxygens (including phenoxy) is 1. The first-order valence-electron chi connectivity index (χ1n) is 10.3. The molecule has 30 heavy (non-hydrogen) atoms. The van der Waals surface area contributed by atoms with E-state index in [-0.39, 0.29) is 11.6 Å². The molecule has 3 aromatic rings. The number of anilines is 3. The number of hydrogen-bond donors (Lipinski definition) is 3. The molecule has 0 radical (unpaired) electrons. The predicted octanol–water partition coefficient (Wildman–Crippen LogP) is 4.57. The number of thiazole rings is 1. The van der Waals surface area contributed by atoms with Crippen LogP contribution in [0.2, 0.25) is 0 Å². The minimum Gasteiger partial charge on any atom is -0.492 e. The fraction of sp³-hybridized carbons (Fsp3) is 0.304. The highest BCUT2D eigenvalue weighted by Crippen LogP contribution is 2.40. The summed E-state index contributed by atoms with van der Waals surface area (Å²) in [4.78, 5) is 17.8. The standard InChI is InChI=1S/C23H26N4O2S/c1-2-25-12-13-29-19-10-8-18(9-11-19)26-23-27-22(24)21(30-23)20(28)17-5-3-4-16(14-17)15-6-7-15/h3-5,8-11,14-15,25H,2,6-7,12-13,24H2,1H3,(H,26,27). The van der Waals surface area contributed by atoms with Gasteiger partial charge < -0.3 is 21.1 Å². The number of nitrogens with two attached hydrogens (primary N) is 1. The van der Waals surface area contributed by atoms with Crippen LogP contribution in [0, 0.1) is 0 Å². The van der Waals surface area contributed by atoms with Gasteiger partial charge in [-0.15, -0.1) is 0 Å². The van der Waals surface area contributed by atoms with E-state index in [0.717, 1.165) is 24.5 Å². The lowest BCUT2D eigenvalue weighted by atomic mass is 10.0. The first-order valence-corrected chi connectivity index (χ1v) is 11.1. The molecule has 0 saturated heterocycles. The Morgan fingerprint density at radius 2 is 2.03 bits per heavy atom. The summed E-state index contributed by atoms with van der Waals surface area (Å²) >= 11 is 1.27. The molecule has 0 amide bonds. The van der Waals surface area contributed by atoms with E-state index in [1.165, 1.54) is 29.7 Å². The zero-order valence-electron chi connectivity index (χ0n) is 17.0. The van der Waals surface area contributed by atoms with Gasteiger partial charge in [-0.05, 0) is 61.2 Å². The minimum atomic E-state index is -0.0787. The van der Waals surface area contributed by atoms with Crippen LogP contribution < -0.4 is 21.1 Å². The second-order valence-electron chi connectivity index (χ2n) is 7.31. The van der Waals surface area contributed by atoms with Crippen LogP contribution in [0.3, 0.4) is 0 Å². The molecule has 0 spiro atoms. The van der Waals surface area contributed by atoms with Crippen molar-refractivity contribution in [3.8, 4) is 5.75 Å². The normalized spacial score (nSPS) is 13.2. The van der Waals surface area contributed by atoms with Crippen molar-refractivity contribution in [3.63, 3.8) is 0 Å². The average Bonchev–Trinajstić information content (AvgIpc) is 3.55. The van der Waals surface area contributed by atoms with Gasteiger partial charge in [-0.1, -0.05) is 36.5 Å². The van der Waals surface area contributed by atoms with Crippen LogP contribution in [0.15, 0.2) is 48.5 Å². The van der Waals surface area contributed by atoms with Gasteiger partial charge in [-0.3, -0.25) is 4.79 Å². The second kappa shape index (κ2) is 9.28. The fourth-order valence-corrected chi connectivity index (χ4v) is 4.07. The van der Waals surface area contributed by atoms with E-state index in [9.17, 15) is 4.79 Å². The summed E-state index contributed by atoms with van der Waals surface area (Å²) in [5.41, 5.74) is 8.82. The van der Waals surface area contributed by atoms with E-state index in [1.54, 1.807) is 0 Å².